The number of hydrogen-bond acceptors (Lipinski definition) is 1. The summed E-state index contributed by atoms with van der Waals surface area (Å²) < 4.78 is 2.13. The first kappa shape index (κ1) is 18.1. The van der Waals surface area contributed by atoms with Crippen molar-refractivity contribution in [3.8, 4) is 11.1 Å². The molecule has 0 aliphatic heterocycles. The van der Waals surface area contributed by atoms with E-state index in [2.05, 4.69) is 71.7 Å². The summed E-state index contributed by atoms with van der Waals surface area (Å²) in [5.41, 5.74) is 5.50. The molecule has 0 saturated carbocycles. The summed E-state index contributed by atoms with van der Waals surface area (Å²) in [5, 5.41) is 13.0. The zero-order chi connectivity index (χ0) is 19.5. The number of halogens is 1. The molecule has 0 atom stereocenters. The molecule has 4 aromatic rings. The molecule has 4 rings (SSSR count). The molecule has 28 heavy (non-hydrogen) atoms. The third kappa shape index (κ3) is 4.00. The lowest BCUT2D eigenvalue weighted by molar-refractivity contribution is 0.969. The van der Waals surface area contributed by atoms with E-state index < -0.39 is 0 Å². The predicted molar refractivity (Wildman–Crippen MR) is 120 cm³/mol. The van der Waals surface area contributed by atoms with Crippen molar-refractivity contribution in [2.24, 2.45) is 7.05 Å². The van der Waals surface area contributed by atoms with E-state index in [1.807, 2.05) is 18.2 Å². The summed E-state index contributed by atoms with van der Waals surface area (Å²) in [6, 6.07) is 24.3. The van der Waals surface area contributed by atoms with Gasteiger partial charge in [-0.25, -0.2) is 0 Å². The maximum Gasteiger partial charge on any atom is 0.122 e. The number of rotatable bonds is 4. The second-order valence-electron chi connectivity index (χ2n) is 6.70. The highest BCUT2D eigenvalue weighted by atomic mass is 35.5. The summed E-state index contributed by atoms with van der Waals surface area (Å²) in [7, 11) is 2.06. The molecule has 0 fully saturated rings. The molecule has 3 nitrogen and oxygen atoms in total. The van der Waals surface area contributed by atoms with Crippen molar-refractivity contribution in [1.29, 1.82) is 5.41 Å². The largest absolute Gasteiger partial charge is 0.351 e. The quantitative estimate of drug-likeness (QED) is 0.301. The van der Waals surface area contributed by atoms with Crippen molar-refractivity contribution >= 4 is 40.1 Å². The lowest BCUT2D eigenvalue weighted by Crippen LogP contribution is -2.06. The van der Waals surface area contributed by atoms with Gasteiger partial charge in [-0.2, -0.15) is 0 Å². The van der Waals surface area contributed by atoms with Gasteiger partial charge in [0.05, 0.1) is 0 Å². The van der Waals surface area contributed by atoms with Gasteiger partial charge in [0.15, 0.2) is 0 Å². The first-order chi connectivity index (χ1) is 13.6. The number of aryl methyl sites for hydroxylation is 1. The minimum atomic E-state index is 0.320. The molecule has 0 aliphatic carbocycles. The monoisotopic (exact) mass is 385 g/mol. The highest BCUT2D eigenvalue weighted by molar-refractivity contribution is 6.30. The Morgan fingerprint density at radius 3 is 2.39 bits per heavy atom. The number of nitrogens with zero attached hydrogens (tertiary/aromatic N) is 1. The summed E-state index contributed by atoms with van der Waals surface area (Å²) in [6.07, 6.45) is 5.75. The average molecular weight is 386 g/mol. The Kier molecular flexibility index (Phi) is 5.00. The Morgan fingerprint density at radius 1 is 0.929 bits per heavy atom. The van der Waals surface area contributed by atoms with Crippen LogP contribution < -0.4 is 5.32 Å². The highest BCUT2D eigenvalue weighted by Crippen LogP contribution is 2.25. The van der Waals surface area contributed by atoms with Crippen LogP contribution in [0.5, 0.6) is 0 Å². The molecule has 0 radical (unpaired) electrons. The Bertz CT molecular complexity index is 1150. The van der Waals surface area contributed by atoms with E-state index in [4.69, 9.17) is 17.0 Å². The zero-order valence-corrected chi connectivity index (χ0v) is 16.2. The Balaban J connectivity index is 1.45. The fourth-order valence-electron chi connectivity index (χ4n) is 3.16. The Hall–Kier alpha value is -3.30. The van der Waals surface area contributed by atoms with Gasteiger partial charge in [-0.1, -0.05) is 48.0 Å². The zero-order valence-electron chi connectivity index (χ0n) is 15.5. The number of fused-ring (bicyclic) bond motifs is 1. The average Bonchev–Trinajstić information content (AvgIpc) is 3.09. The van der Waals surface area contributed by atoms with E-state index in [1.165, 1.54) is 22.0 Å². The minimum Gasteiger partial charge on any atom is -0.351 e. The van der Waals surface area contributed by atoms with Crippen molar-refractivity contribution in [2.45, 2.75) is 0 Å². The highest BCUT2D eigenvalue weighted by Gasteiger charge is 2.02. The van der Waals surface area contributed by atoms with Gasteiger partial charge in [0.1, 0.15) is 5.84 Å². The third-order valence-corrected chi connectivity index (χ3v) is 4.95. The lowest BCUT2D eigenvalue weighted by Gasteiger charge is -2.05. The van der Waals surface area contributed by atoms with Gasteiger partial charge in [-0.3, -0.25) is 5.41 Å². The van der Waals surface area contributed by atoms with Crippen molar-refractivity contribution in [1.82, 2.24) is 4.57 Å². The van der Waals surface area contributed by atoms with E-state index >= 15 is 0 Å². The molecule has 0 spiro atoms. The summed E-state index contributed by atoms with van der Waals surface area (Å²) in [5.74, 6) is 0.320. The SMILES string of the molecule is Cn1ccc2cc(-c3ccc(C=CC(=N)Nc4ccc(Cl)cc4)cc3)ccc21. The first-order valence-electron chi connectivity index (χ1n) is 9.03. The Morgan fingerprint density at radius 2 is 1.64 bits per heavy atom. The maximum absolute atomic E-state index is 8.05. The van der Waals surface area contributed by atoms with E-state index in [-0.39, 0.29) is 0 Å². The minimum absolute atomic E-state index is 0.320. The van der Waals surface area contributed by atoms with Crippen LogP contribution in [0.1, 0.15) is 5.56 Å². The van der Waals surface area contributed by atoms with Crippen LogP contribution in [0.25, 0.3) is 28.1 Å². The molecular weight excluding hydrogens is 366 g/mol. The number of nitrogens with one attached hydrogen (secondary N) is 2. The Labute approximate surface area is 169 Å². The molecule has 0 bridgehead atoms. The van der Waals surface area contributed by atoms with Crippen molar-refractivity contribution in [3.05, 3.63) is 95.7 Å². The van der Waals surface area contributed by atoms with Crippen LogP contribution in [-0.2, 0) is 7.05 Å². The van der Waals surface area contributed by atoms with Gasteiger partial charge in [-0.05, 0) is 65.2 Å². The number of hydrogen-bond donors (Lipinski definition) is 2. The predicted octanol–water partition coefficient (Wildman–Crippen LogP) is 6.60. The van der Waals surface area contributed by atoms with Crippen molar-refractivity contribution in [3.63, 3.8) is 0 Å². The summed E-state index contributed by atoms with van der Waals surface area (Å²) in [6.45, 7) is 0. The molecule has 138 valence electrons. The number of benzene rings is 3. The van der Waals surface area contributed by atoms with E-state index in [9.17, 15) is 0 Å². The van der Waals surface area contributed by atoms with E-state index in [0.29, 0.717) is 10.9 Å². The summed E-state index contributed by atoms with van der Waals surface area (Å²) in [4.78, 5) is 0. The molecule has 0 aliphatic rings. The van der Waals surface area contributed by atoms with Crippen LogP contribution in [-0.4, -0.2) is 10.4 Å². The molecule has 0 saturated heterocycles. The van der Waals surface area contributed by atoms with Gasteiger partial charge >= 0.3 is 0 Å². The van der Waals surface area contributed by atoms with Crippen LogP contribution in [0.2, 0.25) is 5.02 Å². The standard InChI is InChI=1S/C24H20ClN3/c1-28-15-14-20-16-19(7-12-23(20)28)18-5-2-17(3-6-18)4-13-24(26)27-22-10-8-21(25)9-11-22/h2-16H,1H3,(H2,26,27). The van der Waals surface area contributed by atoms with Crippen molar-refractivity contribution < 1.29 is 0 Å². The molecule has 2 N–H and O–H groups in total. The van der Waals surface area contributed by atoms with Crippen LogP contribution in [0.4, 0.5) is 5.69 Å². The molecule has 4 heteroatoms. The van der Waals surface area contributed by atoms with Gasteiger partial charge in [0.2, 0.25) is 0 Å². The number of amidine groups is 1. The molecule has 0 unspecified atom stereocenters. The number of anilines is 1. The smallest absolute Gasteiger partial charge is 0.122 e. The molecule has 3 aromatic carbocycles. The van der Waals surface area contributed by atoms with Gasteiger partial charge in [-0.15, -0.1) is 0 Å². The lowest BCUT2D eigenvalue weighted by atomic mass is 10.0. The van der Waals surface area contributed by atoms with Crippen LogP contribution >= 0.6 is 11.6 Å². The topological polar surface area (TPSA) is 40.8 Å². The first-order valence-corrected chi connectivity index (χ1v) is 9.41. The van der Waals surface area contributed by atoms with Gasteiger partial charge in [0, 0.05) is 34.9 Å². The fraction of sp³-hybridized carbons (Fsp3) is 0.0417. The van der Waals surface area contributed by atoms with E-state index in [1.54, 1.807) is 18.2 Å². The van der Waals surface area contributed by atoms with E-state index in [0.717, 1.165) is 11.3 Å². The summed E-state index contributed by atoms with van der Waals surface area (Å²) >= 11 is 5.88. The van der Waals surface area contributed by atoms with Crippen molar-refractivity contribution in [2.75, 3.05) is 5.32 Å². The van der Waals surface area contributed by atoms with Crippen LogP contribution in [0, 0.1) is 5.41 Å². The third-order valence-electron chi connectivity index (χ3n) is 4.69. The normalized spacial score (nSPS) is 11.2. The molecular formula is C24H20ClN3. The fourth-order valence-corrected chi connectivity index (χ4v) is 3.28. The molecule has 1 heterocycles. The molecule has 0 amide bonds. The van der Waals surface area contributed by atoms with Gasteiger partial charge in [0.25, 0.3) is 0 Å². The molecule has 1 aromatic heterocycles. The maximum atomic E-state index is 8.05. The second kappa shape index (κ2) is 7.75. The second-order valence-corrected chi connectivity index (χ2v) is 7.14. The number of aromatic nitrogens is 1. The van der Waals surface area contributed by atoms with Crippen LogP contribution in [0.3, 0.4) is 0 Å². The van der Waals surface area contributed by atoms with Crippen LogP contribution in [0.15, 0.2) is 85.1 Å². The van der Waals surface area contributed by atoms with Gasteiger partial charge < -0.3 is 9.88 Å².